The first-order valence-corrected chi connectivity index (χ1v) is 11.4. The third-order valence-electron chi connectivity index (χ3n) is 4.97. The number of carbonyl (C=O) groups excluding carboxylic acids is 1. The lowest BCUT2D eigenvalue weighted by Crippen LogP contribution is -2.03. The van der Waals surface area contributed by atoms with Gasteiger partial charge in [0.1, 0.15) is 12.7 Å². The molecule has 0 aliphatic rings. The Balaban J connectivity index is 1.75. The average Bonchev–Trinajstić information content (AvgIpc) is 3.19. The van der Waals surface area contributed by atoms with Gasteiger partial charge in [0.15, 0.2) is 0 Å². The molecule has 0 radical (unpaired) electrons. The first kappa shape index (κ1) is 24.4. The summed E-state index contributed by atoms with van der Waals surface area (Å²) in [4.78, 5) is 15.3. The normalized spacial score (nSPS) is 11.5. The van der Waals surface area contributed by atoms with E-state index in [1.165, 1.54) is 100 Å². The maximum Gasteiger partial charge on any atom is 0.332 e. The zero-order chi connectivity index (χ0) is 20.3. The molecule has 1 rings (SSSR count). The van der Waals surface area contributed by atoms with E-state index in [2.05, 4.69) is 23.9 Å². The van der Waals surface area contributed by atoms with Crippen molar-refractivity contribution >= 4 is 12.2 Å². The topological polar surface area (TPSA) is 57.0 Å². The summed E-state index contributed by atoms with van der Waals surface area (Å²) >= 11 is 0. The Morgan fingerprint density at radius 1 is 0.893 bits per heavy atom. The minimum absolute atomic E-state index is 0.324. The highest BCUT2D eigenvalue weighted by atomic mass is 16.5. The standard InChI is InChI=1S/C23H41N3O2/c1-22(2)16-14-12-10-8-6-4-3-5-7-9-11-13-15-19-28-23(27)17-18-26-21-24-20-25-26/h17-18,20-22H,3-16,19H2,1-2H3. The second-order valence-corrected chi connectivity index (χ2v) is 8.14. The van der Waals surface area contributed by atoms with Crippen LogP contribution < -0.4 is 0 Å². The number of carbonyl (C=O) groups is 1. The minimum atomic E-state index is -0.324. The highest BCUT2D eigenvalue weighted by Crippen LogP contribution is 2.14. The summed E-state index contributed by atoms with van der Waals surface area (Å²) in [5, 5.41) is 3.88. The summed E-state index contributed by atoms with van der Waals surface area (Å²) in [6, 6.07) is 0. The number of ether oxygens (including phenoxy) is 1. The molecule has 0 aliphatic heterocycles. The number of nitrogens with zero attached hydrogens (tertiary/aromatic N) is 3. The molecule has 5 heteroatoms. The van der Waals surface area contributed by atoms with Crippen molar-refractivity contribution in [3.63, 3.8) is 0 Å². The first-order valence-electron chi connectivity index (χ1n) is 11.4. The highest BCUT2D eigenvalue weighted by Gasteiger charge is 1.98. The van der Waals surface area contributed by atoms with Gasteiger partial charge in [-0.15, -0.1) is 0 Å². The maximum atomic E-state index is 11.5. The van der Waals surface area contributed by atoms with E-state index in [0.717, 1.165) is 18.8 Å². The fourth-order valence-corrected chi connectivity index (χ4v) is 3.25. The summed E-state index contributed by atoms with van der Waals surface area (Å²) in [5.41, 5.74) is 0. The molecular weight excluding hydrogens is 350 g/mol. The molecule has 0 spiro atoms. The van der Waals surface area contributed by atoms with Crippen LogP contribution in [0.3, 0.4) is 0 Å². The van der Waals surface area contributed by atoms with E-state index in [4.69, 9.17) is 4.74 Å². The van der Waals surface area contributed by atoms with Gasteiger partial charge < -0.3 is 4.74 Å². The lowest BCUT2D eigenvalue weighted by molar-refractivity contribution is -0.137. The molecule has 0 amide bonds. The Hall–Kier alpha value is -1.65. The van der Waals surface area contributed by atoms with Crippen molar-refractivity contribution in [2.75, 3.05) is 6.61 Å². The molecule has 0 aromatic carbocycles. The molecular formula is C23H41N3O2. The number of hydrogen-bond donors (Lipinski definition) is 0. The third kappa shape index (κ3) is 15.4. The van der Waals surface area contributed by atoms with Gasteiger partial charge in [0, 0.05) is 12.3 Å². The van der Waals surface area contributed by atoms with Crippen molar-refractivity contribution in [1.29, 1.82) is 0 Å². The van der Waals surface area contributed by atoms with Crippen molar-refractivity contribution < 1.29 is 9.53 Å². The molecule has 0 N–H and O–H groups in total. The van der Waals surface area contributed by atoms with E-state index < -0.39 is 0 Å². The molecule has 0 saturated carbocycles. The largest absolute Gasteiger partial charge is 0.462 e. The van der Waals surface area contributed by atoms with Crippen LogP contribution in [0.25, 0.3) is 6.20 Å². The van der Waals surface area contributed by atoms with Crippen molar-refractivity contribution in [3.05, 3.63) is 18.7 Å². The van der Waals surface area contributed by atoms with Gasteiger partial charge in [0.05, 0.1) is 6.61 Å². The minimum Gasteiger partial charge on any atom is -0.462 e. The number of rotatable bonds is 18. The Morgan fingerprint density at radius 2 is 1.43 bits per heavy atom. The summed E-state index contributed by atoms with van der Waals surface area (Å²) in [6.07, 6.45) is 24.5. The van der Waals surface area contributed by atoms with Crippen LogP contribution in [0.1, 0.15) is 104 Å². The van der Waals surface area contributed by atoms with E-state index in [0.29, 0.717) is 6.61 Å². The van der Waals surface area contributed by atoms with Crippen LogP contribution >= 0.6 is 0 Å². The Labute approximate surface area is 172 Å². The van der Waals surface area contributed by atoms with Gasteiger partial charge in [-0.3, -0.25) is 0 Å². The van der Waals surface area contributed by atoms with Gasteiger partial charge in [-0.25, -0.2) is 14.5 Å². The summed E-state index contributed by atoms with van der Waals surface area (Å²) < 4.78 is 6.64. The van der Waals surface area contributed by atoms with Crippen molar-refractivity contribution in [2.24, 2.45) is 5.92 Å². The maximum absolute atomic E-state index is 11.5. The SMILES string of the molecule is CC(C)CCCCCCCCCCCCCCCOC(=O)C=Cn1cncn1. The zero-order valence-electron chi connectivity index (χ0n) is 18.2. The van der Waals surface area contributed by atoms with Gasteiger partial charge in [-0.05, 0) is 12.3 Å². The van der Waals surface area contributed by atoms with Crippen LogP contribution in [0.5, 0.6) is 0 Å². The Morgan fingerprint density at radius 3 is 1.93 bits per heavy atom. The number of esters is 1. The van der Waals surface area contributed by atoms with Crippen LogP contribution in [0, 0.1) is 5.92 Å². The van der Waals surface area contributed by atoms with Crippen molar-refractivity contribution in [3.8, 4) is 0 Å². The summed E-state index contributed by atoms with van der Waals surface area (Å²) in [6.45, 7) is 5.13. The number of hydrogen-bond acceptors (Lipinski definition) is 4. The lowest BCUT2D eigenvalue weighted by atomic mass is 10.0. The van der Waals surface area contributed by atoms with E-state index in [1.54, 1.807) is 6.20 Å². The van der Waals surface area contributed by atoms with Crippen LogP contribution in [-0.2, 0) is 9.53 Å². The van der Waals surface area contributed by atoms with Gasteiger partial charge in [-0.1, -0.05) is 97.3 Å². The average molecular weight is 392 g/mol. The predicted molar refractivity (Wildman–Crippen MR) is 116 cm³/mol. The van der Waals surface area contributed by atoms with Crippen LogP contribution in [0.2, 0.25) is 0 Å². The quantitative estimate of drug-likeness (QED) is 0.165. The molecule has 160 valence electrons. The number of aromatic nitrogens is 3. The first-order chi connectivity index (χ1) is 13.7. The molecule has 0 fully saturated rings. The summed E-state index contributed by atoms with van der Waals surface area (Å²) in [5.74, 6) is 0.540. The molecule has 0 saturated heterocycles. The number of unbranched alkanes of at least 4 members (excludes halogenated alkanes) is 12. The molecule has 0 aliphatic carbocycles. The monoisotopic (exact) mass is 391 g/mol. The fourth-order valence-electron chi connectivity index (χ4n) is 3.25. The molecule has 0 bridgehead atoms. The predicted octanol–water partition coefficient (Wildman–Crippen LogP) is 6.41. The van der Waals surface area contributed by atoms with Crippen molar-refractivity contribution in [2.45, 2.75) is 104 Å². The smallest absolute Gasteiger partial charge is 0.332 e. The van der Waals surface area contributed by atoms with Gasteiger partial charge >= 0.3 is 5.97 Å². The molecule has 1 aromatic heterocycles. The molecule has 1 aromatic rings. The van der Waals surface area contributed by atoms with E-state index in [9.17, 15) is 4.79 Å². The molecule has 1 heterocycles. The van der Waals surface area contributed by atoms with Crippen molar-refractivity contribution in [1.82, 2.24) is 14.8 Å². The Bertz CT molecular complexity index is 498. The molecule has 28 heavy (non-hydrogen) atoms. The van der Waals surface area contributed by atoms with Crippen LogP contribution in [-0.4, -0.2) is 27.3 Å². The van der Waals surface area contributed by atoms with Gasteiger partial charge in [0.2, 0.25) is 0 Å². The van der Waals surface area contributed by atoms with Gasteiger partial charge in [-0.2, -0.15) is 5.10 Å². The van der Waals surface area contributed by atoms with Crippen LogP contribution in [0.4, 0.5) is 0 Å². The van der Waals surface area contributed by atoms with E-state index in [-0.39, 0.29) is 5.97 Å². The van der Waals surface area contributed by atoms with E-state index >= 15 is 0 Å². The molecule has 5 nitrogen and oxygen atoms in total. The van der Waals surface area contributed by atoms with E-state index in [1.807, 2.05) is 0 Å². The summed E-state index contributed by atoms with van der Waals surface area (Å²) in [7, 11) is 0. The van der Waals surface area contributed by atoms with Crippen LogP contribution in [0.15, 0.2) is 18.7 Å². The lowest BCUT2D eigenvalue weighted by Gasteiger charge is -2.05. The molecule has 0 atom stereocenters. The second-order valence-electron chi connectivity index (χ2n) is 8.14. The fraction of sp³-hybridized carbons (Fsp3) is 0.783. The van der Waals surface area contributed by atoms with Gasteiger partial charge in [0.25, 0.3) is 0 Å². The second kappa shape index (κ2) is 17.4. The zero-order valence-corrected chi connectivity index (χ0v) is 18.2. The third-order valence-corrected chi connectivity index (χ3v) is 4.97. The Kier molecular flexibility index (Phi) is 15.2. The molecule has 0 unspecified atom stereocenters. The highest BCUT2D eigenvalue weighted by molar-refractivity contribution is 5.84.